The summed E-state index contributed by atoms with van der Waals surface area (Å²) < 4.78 is 56.2. The van der Waals surface area contributed by atoms with Crippen LogP contribution >= 0.6 is 0 Å². The second-order valence-corrected chi connectivity index (χ2v) is 10.1. The lowest BCUT2D eigenvalue weighted by Gasteiger charge is -2.33. The predicted octanol–water partition coefficient (Wildman–Crippen LogP) is 5.76. The summed E-state index contributed by atoms with van der Waals surface area (Å²) in [5.41, 5.74) is -4.06. The van der Waals surface area contributed by atoms with Crippen molar-refractivity contribution in [2.45, 2.75) is 45.0 Å². The molecule has 3 aromatic rings. The molecular weight excluding hydrogens is 549 g/mol. The van der Waals surface area contributed by atoms with Crippen LogP contribution in [0.15, 0.2) is 90.1 Å². The Bertz CT molecular complexity index is 1480. The summed E-state index contributed by atoms with van der Waals surface area (Å²) in [5, 5.41) is 1.94. The zero-order valence-electron chi connectivity index (χ0n) is 23.6. The molecule has 7 nitrogen and oxygen atoms in total. The van der Waals surface area contributed by atoms with Gasteiger partial charge in [0.15, 0.2) is 5.78 Å². The molecule has 1 unspecified atom stereocenters. The summed E-state index contributed by atoms with van der Waals surface area (Å²) in [4.78, 5) is 41.8. The number of amides is 2. The highest BCUT2D eigenvalue weighted by molar-refractivity contribution is 6.19. The lowest BCUT2D eigenvalue weighted by atomic mass is 9.84. The molecular formula is C32H31F3N2O5. The first kappa shape index (κ1) is 30.4. The van der Waals surface area contributed by atoms with Gasteiger partial charge in [0, 0.05) is 23.4 Å². The fraction of sp³-hybridized carbons (Fsp3) is 0.281. The number of nitrogens with one attached hydrogen (secondary N) is 1. The Morgan fingerprint density at radius 1 is 0.905 bits per heavy atom. The molecule has 10 heteroatoms. The average Bonchev–Trinajstić information content (AvgIpc) is 3.18. The highest BCUT2D eigenvalue weighted by atomic mass is 19.4. The number of carbonyl (C=O) groups is 3. The number of ketones is 1. The summed E-state index contributed by atoms with van der Waals surface area (Å²) >= 11 is 0. The number of Topliss-reactive ketones (excluding diaryl/α,β-unsaturated/α-hetero) is 1. The molecule has 0 radical (unpaired) electrons. The molecule has 0 spiro atoms. The number of alkyl halides is 3. The van der Waals surface area contributed by atoms with Gasteiger partial charge in [-0.15, -0.1) is 0 Å². The first-order valence-electron chi connectivity index (χ1n) is 13.3. The molecule has 220 valence electrons. The molecule has 1 N–H and O–H groups in total. The Balaban J connectivity index is 1.76. The van der Waals surface area contributed by atoms with E-state index >= 15 is 13.2 Å². The van der Waals surface area contributed by atoms with Crippen molar-refractivity contribution in [3.8, 4) is 11.5 Å². The third-order valence-electron chi connectivity index (χ3n) is 6.97. The Hall–Kier alpha value is -4.60. The number of carbonyl (C=O) groups excluding carboxylic acids is 3. The van der Waals surface area contributed by atoms with Crippen LogP contribution in [0.25, 0.3) is 0 Å². The first-order valence-corrected chi connectivity index (χ1v) is 13.3. The van der Waals surface area contributed by atoms with Gasteiger partial charge in [0.2, 0.25) is 5.54 Å². The Morgan fingerprint density at radius 2 is 1.50 bits per heavy atom. The molecule has 4 rings (SSSR count). The van der Waals surface area contributed by atoms with Crippen LogP contribution in [-0.2, 0) is 11.2 Å². The Morgan fingerprint density at radius 3 is 2.05 bits per heavy atom. The number of methoxy groups -OCH3 is 1. The Kier molecular flexibility index (Phi) is 8.75. The van der Waals surface area contributed by atoms with E-state index in [2.05, 4.69) is 0 Å². The molecule has 1 aliphatic rings. The van der Waals surface area contributed by atoms with Crippen molar-refractivity contribution in [3.05, 3.63) is 107 Å². The fourth-order valence-corrected chi connectivity index (χ4v) is 4.89. The molecule has 2 amide bonds. The van der Waals surface area contributed by atoms with Crippen molar-refractivity contribution in [1.29, 1.82) is 0 Å². The maximum Gasteiger partial charge on any atom is 0.425 e. The van der Waals surface area contributed by atoms with E-state index in [1.54, 1.807) is 44.2 Å². The van der Waals surface area contributed by atoms with E-state index in [1.165, 1.54) is 62.6 Å². The van der Waals surface area contributed by atoms with E-state index < -0.39 is 34.9 Å². The van der Waals surface area contributed by atoms with Crippen LogP contribution in [-0.4, -0.2) is 54.0 Å². The van der Waals surface area contributed by atoms with E-state index in [9.17, 15) is 14.4 Å². The molecule has 0 aromatic heterocycles. The second-order valence-electron chi connectivity index (χ2n) is 10.1. The predicted molar refractivity (Wildman–Crippen MR) is 150 cm³/mol. The smallest absolute Gasteiger partial charge is 0.425 e. The summed E-state index contributed by atoms with van der Waals surface area (Å²) in [6, 6.07) is 19.7. The number of rotatable bonds is 10. The van der Waals surface area contributed by atoms with Crippen molar-refractivity contribution in [3.63, 3.8) is 0 Å². The maximum atomic E-state index is 15.2. The van der Waals surface area contributed by atoms with Crippen molar-refractivity contribution in [1.82, 2.24) is 10.2 Å². The van der Waals surface area contributed by atoms with Crippen LogP contribution < -0.4 is 14.8 Å². The minimum absolute atomic E-state index is 0.0466. The summed E-state index contributed by atoms with van der Waals surface area (Å²) in [5.74, 6) is -2.60. The van der Waals surface area contributed by atoms with Gasteiger partial charge in [0.1, 0.15) is 11.5 Å². The van der Waals surface area contributed by atoms with Crippen molar-refractivity contribution >= 4 is 17.6 Å². The number of allylic oxidation sites excluding steroid dienone is 1. The molecule has 1 atom stereocenters. The molecule has 0 saturated heterocycles. The summed E-state index contributed by atoms with van der Waals surface area (Å²) in [6.45, 7) is 4.75. The van der Waals surface area contributed by atoms with E-state index in [-0.39, 0.29) is 35.9 Å². The zero-order valence-corrected chi connectivity index (χ0v) is 23.6. The summed E-state index contributed by atoms with van der Waals surface area (Å²) in [7, 11) is 1.51. The third-order valence-corrected chi connectivity index (χ3v) is 6.97. The molecule has 3 aromatic carbocycles. The topological polar surface area (TPSA) is 84.9 Å². The average molecular weight is 581 g/mol. The molecule has 0 bridgehead atoms. The van der Waals surface area contributed by atoms with Gasteiger partial charge in [-0.3, -0.25) is 14.4 Å². The van der Waals surface area contributed by atoms with Crippen LogP contribution in [0.2, 0.25) is 0 Å². The van der Waals surface area contributed by atoms with Gasteiger partial charge in [0.25, 0.3) is 11.8 Å². The first-order chi connectivity index (χ1) is 19.9. The standard InChI is InChI=1S/C32H31F3N2O5/c1-20(2)42-26-16-12-24(13-17-26)29(39)36-31(32(33,34)35)27(28(38)23-8-6-5-7-9-23)21(3)37(30(31)40)19-18-22-10-14-25(41-4)15-11-22/h5-17,20H,18-19H2,1-4H3,(H,36,39). The largest absolute Gasteiger partial charge is 0.497 e. The lowest BCUT2D eigenvalue weighted by Crippen LogP contribution is -2.66. The number of hydrogen-bond acceptors (Lipinski definition) is 5. The molecule has 42 heavy (non-hydrogen) atoms. The van der Waals surface area contributed by atoms with Crippen molar-refractivity contribution in [2.24, 2.45) is 0 Å². The van der Waals surface area contributed by atoms with Gasteiger partial charge in [-0.1, -0.05) is 42.5 Å². The lowest BCUT2D eigenvalue weighted by molar-refractivity contribution is -0.189. The van der Waals surface area contributed by atoms with Crippen LogP contribution in [0.4, 0.5) is 13.2 Å². The maximum absolute atomic E-state index is 15.2. The number of nitrogens with zero attached hydrogens (tertiary/aromatic N) is 1. The molecule has 1 heterocycles. The molecule has 0 saturated carbocycles. The molecule has 0 fully saturated rings. The van der Waals surface area contributed by atoms with E-state index in [0.29, 0.717) is 11.5 Å². The van der Waals surface area contributed by atoms with Gasteiger partial charge < -0.3 is 19.7 Å². The van der Waals surface area contributed by atoms with Crippen molar-refractivity contribution in [2.75, 3.05) is 13.7 Å². The second kappa shape index (κ2) is 12.1. The quantitative estimate of drug-likeness (QED) is 0.309. The van der Waals surface area contributed by atoms with Crippen LogP contribution in [0.1, 0.15) is 47.1 Å². The van der Waals surface area contributed by atoms with Crippen molar-refractivity contribution < 1.29 is 37.0 Å². The van der Waals surface area contributed by atoms with Crippen LogP contribution in [0, 0.1) is 0 Å². The van der Waals surface area contributed by atoms with Gasteiger partial charge in [0.05, 0.1) is 18.8 Å². The van der Waals surface area contributed by atoms with E-state index in [4.69, 9.17) is 9.47 Å². The van der Waals surface area contributed by atoms with Gasteiger partial charge in [-0.2, -0.15) is 13.2 Å². The number of halogens is 3. The molecule has 0 aliphatic carbocycles. The summed E-state index contributed by atoms with van der Waals surface area (Å²) in [6.07, 6.45) is -5.31. The highest BCUT2D eigenvalue weighted by Gasteiger charge is 2.70. The fourth-order valence-electron chi connectivity index (χ4n) is 4.89. The van der Waals surface area contributed by atoms with Crippen LogP contribution in [0.5, 0.6) is 11.5 Å². The van der Waals surface area contributed by atoms with Gasteiger partial charge >= 0.3 is 6.18 Å². The number of benzene rings is 3. The number of hydrogen-bond donors (Lipinski definition) is 1. The SMILES string of the molecule is COc1ccc(CCN2C(=O)C(NC(=O)c3ccc(OC(C)C)cc3)(C(F)(F)F)C(C(=O)c3ccccc3)=C2C)cc1. The Labute approximate surface area is 241 Å². The van der Waals surface area contributed by atoms with Gasteiger partial charge in [-0.05, 0) is 69.2 Å². The normalized spacial score (nSPS) is 17.0. The number of ether oxygens (including phenoxy) is 2. The monoisotopic (exact) mass is 580 g/mol. The molecule has 1 aliphatic heterocycles. The third kappa shape index (κ3) is 5.88. The van der Waals surface area contributed by atoms with E-state index in [1.807, 2.05) is 5.32 Å². The minimum atomic E-state index is -5.35. The van der Waals surface area contributed by atoms with E-state index in [0.717, 1.165) is 10.5 Å². The zero-order chi connectivity index (χ0) is 30.7. The van der Waals surface area contributed by atoms with Gasteiger partial charge in [-0.25, -0.2) is 0 Å². The highest BCUT2D eigenvalue weighted by Crippen LogP contribution is 2.46. The minimum Gasteiger partial charge on any atom is -0.497 e. The van der Waals surface area contributed by atoms with Crippen LogP contribution in [0.3, 0.4) is 0 Å².